The molecule has 1 aliphatic carbocycles. The lowest BCUT2D eigenvalue weighted by Gasteiger charge is -2.40. The number of unbranched alkanes of at least 4 members (excludes halogenated alkanes) is 1. The van der Waals surface area contributed by atoms with Crippen molar-refractivity contribution in [3.63, 3.8) is 0 Å². The first-order chi connectivity index (χ1) is 24.1. The molecule has 2 fully saturated rings. The van der Waals surface area contributed by atoms with Crippen LogP contribution in [0.4, 0.5) is 0 Å². The van der Waals surface area contributed by atoms with Gasteiger partial charge in [-0.3, -0.25) is 0 Å². The minimum atomic E-state index is -0.582. The maximum atomic E-state index is 12.9. The second-order valence-electron chi connectivity index (χ2n) is 14.1. The number of rotatable bonds is 16. The highest BCUT2D eigenvalue weighted by molar-refractivity contribution is 5.94. The molecule has 0 bridgehead atoms. The molecule has 1 heterocycles. The van der Waals surface area contributed by atoms with Crippen molar-refractivity contribution in [1.82, 2.24) is 0 Å². The maximum Gasteiger partial charge on any atom is 0.343 e. The molecule has 0 aromatic heterocycles. The van der Waals surface area contributed by atoms with Gasteiger partial charge in [-0.15, -0.1) is 0 Å². The number of hydrogen-bond donors (Lipinski definition) is 0. The lowest BCUT2D eigenvalue weighted by molar-refractivity contribution is -0.150. The van der Waals surface area contributed by atoms with Gasteiger partial charge in [0, 0.05) is 12.0 Å². The summed E-state index contributed by atoms with van der Waals surface area (Å²) in [6, 6.07) is 19.3. The van der Waals surface area contributed by atoms with Crippen LogP contribution in [0.2, 0.25) is 0 Å². The van der Waals surface area contributed by atoms with Crippen molar-refractivity contribution in [1.29, 1.82) is 0 Å². The minimum absolute atomic E-state index is 0.102. The van der Waals surface area contributed by atoms with Gasteiger partial charge in [0.1, 0.15) is 23.4 Å². The highest BCUT2D eigenvalue weighted by atomic mass is 16.5. The fourth-order valence-corrected chi connectivity index (χ4v) is 6.36. The Morgan fingerprint density at radius 1 is 0.740 bits per heavy atom. The van der Waals surface area contributed by atoms with Crippen LogP contribution >= 0.6 is 0 Å². The predicted molar refractivity (Wildman–Crippen MR) is 189 cm³/mol. The molecule has 1 saturated heterocycles. The van der Waals surface area contributed by atoms with Crippen LogP contribution in [0.1, 0.15) is 97.3 Å². The van der Waals surface area contributed by atoms with Gasteiger partial charge in [0.2, 0.25) is 0 Å². The summed E-state index contributed by atoms with van der Waals surface area (Å²) >= 11 is 0. The third-order valence-corrected chi connectivity index (χ3v) is 9.84. The molecule has 0 radical (unpaired) electrons. The molecule has 9 nitrogen and oxygen atoms in total. The van der Waals surface area contributed by atoms with Crippen molar-refractivity contribution in [3.05, 3.63) is 89.5 Å². The first-order valence-electron chi connectivity index (χ1n) is 17.9. The summed E-state index contributed by atoms with van der Waals surface area (Å²) in [4.78, 5) is 38.4. The molecule has 9 heteroatoms. The molecule has 3 unspecified atom stereocenters. The zero-order valence-corrected chi connectivity index (χ0v) is 29.7. The van der Waals surface area contributed by atoms with Crippen LogP contribution < -0.4 is 14.2 Å². The van der Waals surface area contributed by atoms with Gasteiger partial charge in [0.25, 0.3) is 0 Å². The molecular formula is C41H50O9. The van der Waals surface area contributed by atoms with Crippen LogP contribution in [0.15, 0.2) is 72.8 Å². The van der Waals surface area contributed by atoms with Crippen molar-refractivity contribution in [2.45, 2.75) is 72.3 Å². The van der Waals surface area contributed by atoms with Crippen LogP contribution in [0, 0.1) is 23.2 Å². The Bertz CT molecular complexity index is 1540. The standard InChI is InChI=1S/C41H50O9/c1-5-41(26-46-27-41)25-45-22-6-7-23-47-33-17-19-35(20-18-33)49-39(43)32-13-15-34(16-14-32)48-38(42)30-9-11-31(12-10-30)40(44)50-37-24-29(4)8-21-36(37)28(2)3/h9-20,28-29,36-37H,5-8,21-27H2,1-4H3. The summed E-state index contributed by atoms with van der Waals surface area (Å²) in [7, 11) is 0. The molecule has 2 aliphatic rings. The first kappa shape index (κ1) is 37.1. The summed E-state index contributed by atoms with van der Waals surface area (Å²) in [5.41, 5.74) is 1.19. The summed E-state index contributed by atoms with van der Waals surface area (Å²) in [6.07, 6.45) is 5.84. The van der Waals surface area contributed by atoms with E-state index in [-0.39, 0.29) is 28.8 Å². The molecule has 0 spiro atoms. The number of carbonyl (C=O) groups excluding carboxylic acids is 3. The van der Waals surface area contributed by atoms with Crippen LogP contribution in [-0.2, 0) is 14.2 Å². The van der Waals surface area contributed by atoms with E-state index in [1.165, 1.54) is 24.3 Å². The Balaban J connectivity index is 1.02. The van der Waals surface area contributed by atoms with E-state index in [4.69, 9.17) is 28.4 Å². The van der Waals surface area contributed by atoms with Gasteiger partial charge in [-0.2, -0.15) is 0 Å². The fraction of sp³-hybridized carbons (Fsp3) is 0.488. The molecule has 50 heavy (non-hydrogen) atoms. The van der Waals surface area contributed by atoms with E-state index < -0.39 is 11.9 Å². The third-order valence-electron chi connectivity index (χ3n) is 9.84. The van der Waals surface area contributed by atoms with Gasteiger partial charge in [0.15, 0.2) is 0 Å². The zero-order chi connectivity index (χ0) is 35.5. The van der Waals surface area contributed by atoms with E-state index in [1.807, 2.05) is 0 Å². The van der Waals surface area contributed by atoms with Gasteiger partial charge >= 0.3 is 17.9 Å². The van der Waals surface area contributed by atoms with Gasteiger partial charge in [-0.05, 0) is 123 Å². The summed E-state index contributed by atoms with van der Waals surface area (Å²) in [6.45, 7) is 12.3. The second kappa shape index (κ2) is 17.6. The van der Waals surface area contributed by atoms with E-state index in [2.05, 4.69) is 27.7 Å². The highest BCUT2D eigenvalue weighted by Gasteiger charge is 2.37. The molecule has 268 valence electrons. The molecule has 3 atom stereocenters. The maximum absolute atomic E-state index is 12.9. The topological polar surface area (TPSA) is 107 Å². The number of carbonyl (C=O) groups is 3. The largest absolute Gasteiger partial charge is 0.494 e. The first-order valence-corrected chi connectivity index (χ1v) is 17.9. The van der Waals surface area contributed by atoms with Crippen molar-refractivity contribution in [2.24, 2.45) is 23.2 Å². The van der Waals surface area contributed by atoms with Crippen LogP contribution in [-0.4, -0.2) is 57.0 Å². The number of esters is 3. The van der Waals surface area contributed by atoms with Gasteiger partial charge in [-0.1, -0.05) is 34.1 Å². The normalized spacial score (nSPS) is 19.7. The van der Waals surface area contributed by atoms with Gasteiger partial charge in [0.05, 0.1) is 43.1 Å². The molecule has 0 N–H and O–H groups in total. The zero-order valence-electron chi connectivity index (χ0n) is 29.7. The van der Waals surface area contributed by atoms with E-state index >= 15 is 0 Å². The Labute approximate surface area is 295 Å². The fourth-order valence-electron chi connectivity index (χ4n) is 6.36. The molecule has 1 saturated carbocycles. The lowest BCUT2D eigenvalue weighted by atomic mass is 9.75. The Morgan fingerprint density at radius 2 is 1.26 bits per heavy atom. The average molecular weight is 687 g/mol. The minimum Gasteiger partial charge on any atom is -0.494 e. The van der Waals surface area contributed by atoms with Crippen molar-refractivity contribution >= 4 is 17.9 Å². The van der Waals surface area contributed by atoms with Gasteiger partial charge in [-0.25, -0.2) is 14.4 Å². The van der Waals surface area contributed by atoms with Crippen molar-refractivity contribution in [2.75, 3.05) is 33.0 Å². The molecule has 0 amide bonds. The van der Waals surface area contributed by atoms with Gasteiger partial charge < -0.3 is 28.4 Å². The quantitative estimate of drug-likeness (QED) is 0.0835. The van der Waals surface area contributed by atoms with E-state index in [0.29, 0.717) is 53.6 Å². The van der Waals surface area contributed by atoms with Crippen LogP contribution in [0.25, 0.3) is 0 Å². The SMILES string of the molecule is CCC1(COCCCCOc2ccc(OC(=O)c3ccc(OC(=O)c4ccc(C(=O)OC5CC(C)CCC5C(C)C)cc4)cc3)cc2)COC1. The number of hydrogen-bond acceptors (Lipinski definition) is 9. The van der Waals surface area contributed by atoms with Crippen LogP contribution in [0.5, 0.6) is 17.2 Å². The predicted octanol–water partition coefficient (Wildman–Crippen LogP) is 8.34. The molecule has 1 aliphatic heterocycles. The van der Waals surface area contributed by atoms with Crippen molar-refractivity contribution in [3.8, 4) is 17.2 Å². The van der Waals surface area contributed by atoms with E-state index in [0.717, 1.165) is 58.3 Å². The molecule has 5 rings (SSSR count). The Hall–Kier alpha value is -4.21. The summed E-state index contributed by atoms with van der Waals surface area (Å²) in [5, 5.41) is 0. The molecular weight excluding hydrogens is 636 g/mol. The lowest BCUT2D eigenvalue weighted by Crippen LogP contribution is -2.45. The average Bonchev–Trinajstić information content (AvgIpc) is 3.09. The van der Waals surface area contributed by atoms with Crippen molar-refractivity contribution < 1.29 is 42.8 Å². The smallest absolute Gasteiger partial charge is 0.343 e. The van der Waals surface area contributed by atoms with Crippen LogP contribution in [0.3, 0.4) is 0 Å². The monoisotopic (exact) mass is 686 g/mol. The second-order valence-corrected chi connectivity index (χ2v) is 14.1. The highest BCUT2D eigenvalue weighted by Crippen LogP contribution is 2.36. The Morgan fingerprint density at radius 3 is 1.80 bits per heavy atom. The Kier molecular flexibility index (Phi) is 13.1. The summed E-state index contributed by atoms with van der Waals surface area (Å²) in [5.74, 6) is 1.16. The number of benzene rings is 3. The number of ether oxygens (including phenoxy) is 6. The van der Waals surface area contributed by atoms with E-state index in [9.17, 15) is 14.4 Å². The third kappa shape index (κ3) is 10.2. The molecule has 3 aromatic rings. The summed E-state index contributed by atoms with van der Waals surface area (Å²) < 4.78 is 33.9. The molecule has 3 aromatic carbocycles. The van der Waals surface area contributed by atoms with E-state index in [1.54, 1.807) is 48.5 Å².